The molecule has 1 saturated carbocycles. The van der Waals surface area contributed by atoms with E-state index in [4.69, 9.17) is 15.0 Å². The molecule has 2 aliphatic rings. The third-order valence-electron chi connectivity index (χ3n) is 6.91. The summed E-state index contributed by atoms with van der Waals surface area (Å²) in [6.07, 6.45) is 14.7. The summed E-state index contributed by atoms with van der Waals surface area (Å²) in [7, 11) is 0. The third kappa shape index (κ3) is 4.23. The van der Waals surface area contributed by atoms with E-state index < -0.39 is 0 Å². The molecule has 3 heterocycles. The van der Waals surface area contributed by atoms with E-state index in [0.29, 0.717) is 5.56 Å². The Morgan fingerprint density at radius 1 is 1.03 bits per heavy atom. The first-order valence-corrected chi connectivity index (χ1v) is 11.0. The van der Waals surface area contributed by atoms with Crippen molar-refractivity contribution in [1.82, 2.24) is 9.97 Å². The second-order valence-corrected chi connectivity index (χ2v) is 8.83. The molecule has 2 fully saturated rings. The standard InChI is InChI=1S/C25H28N4O/c26-16-21-15-20(18-29-22(21)17-27)7-1-3-9-24(23-8-2-6-13-28-23)12-14-30-25(19-24)10-4-5-11-25/h2,6,8,13,15,18H,1,3-5,7,9-12,14,19H2/t24-/m1/s1. The van der Waals surface area contributed by atoms with Crippen LogP contribution in [-0.2, 0) is 16.6 Å². The Balaban J connectivity index is 1.45. The van der Waals surface area contributed by atoms with Crippen LogP contribution in [0.4, 0.5) is 0 Å². The Hall–Kier alpha value is -2.76. The maximum atomic E-state index is 9.22. The lowest BCUT2D eigenvalue weighted by atomic mass is 9.67. The predicted molar refractivity (Wildman–Crippen MR) is 114 cm³/mol. The highest BCUT2D eigenvalue weighted by Gasteiger charge is 2.48. The van der Waals surface area contributed by atoms with Gasteiger partial charge in [0.2, 0.25) is 0 Å². The number of ether oxygens (including phenoxy) is 1. The number of nitriles is 2. The van der Waals surface area contributed by atoms with Crippen LogP contribution in [0.3, 0.4) is 0 Å². The Bertz CT molecular complexity index is 953. The van der Waals surface area contributed by atoms with Gasteiger partial charge in [-0.15, -0.1) is 0 Å². The lowest BCUT2D eigenvalue weighted by Crippen LogP contribution is -2.46. The predicted octanol–water partition coefficient (Wildman–Crippen LogP) is 4.99. The van der Waals surface area contributed by atoms with Crippen LogP contribution in [0.2, 0.25) is 0 Å². The number of rotatable bonds is 6. The van der Waals surface area contributed by atoms with Crippen molar-refractivity contribution in [1.29, 1.82) is 10.5 Å². The van der Waals surface area contributed by atoms with Crippen molar-refractivity contribution in [3.05, 3.63) is 59.2 Å². The molecular weight excluding hydrogens is 372 g/mol. The van der Waals surface area contributed by atoms with Crippen molar-refractivity contribution in [2.24, 2.45) is 0 Å². The summed E-state index contributed by atoms with van der Waals surface area (Å²) in [5, 5.41) is 18.3. The number of nitrogens with zero attached hydrogens (tertiary/aromatic N) is 4. The molecule has 154 valence electrons. The highest BCUT2D eigenvalue weighted by atomic mass is 16.5. The molecule has 2 aromatic heterocycles. The zero-order chi connectivity index (χ0) is 20.9. The highest BCUT2D eigenvalue weighted by Crippen LogP contribution is 2.50. The van der Waals surface area contributed by atoms with E-state index in [-0.39, 0.29) is 16.7 Å². The summed E-state index contributed by atoms with van der Waals surface area (Å²) in [6.45, 7) is 0.821. The van der Waals surface area contributed by atoms with Crippen LogP contribution in [0.1, 0.15) is 80.3 Å². The van der Waals surface area contributed by atoms with Crippen LogP contribution in [0, 0.1) is 22.7 Å². The number of unbranched alkanes of at least 4 members (excludes halogenated alkanes) is 1. The monoisotopic (exact) mass is 400 g/mol. The maximum Gasteiger partial charge on any atom is 0.158 e. The molecule has 0 aromatic carbocycles. The number of hydrogen-bond donors (Lipinski definition) is 0. The van der Waals surface area contributed by atoms with E-state index >= 15 is 0 Å². The number of aromatic nitrogens is 2. The van der Waals surface area contributed by atoms with E-state index in [1.165, 1.54) is 31.4 Å². The van der Waals surface area contributed by atoms with Gasteiger partial charge in [0, 0.05) is 30.1 Å². The summed E-state index contributed by atoms with van der Waals surface area (Å²) in [6, 6.07) is 12.2. The second kappa shape index (κ2) is 8.94. The first kappa shape index (κ1) is 20.5. The Kier molecular flexibility index (Phi) is 6.11. The Labute approximate surface area is 178 Å². The average Bonchev–Trinajstić information content (AvgIpc) is 3.24. The van der Waals surface area contributed by atoms with E-state index in [1.807, 2.05) is 24.4 Å². The largest absolute Gasteiger partial charge is 0.375 e. The van der Waals surface area contributed by atoms with E-state index in [1.54, 1.807) is 6.20 Å². The smallest absolute Gasteiger partial charge is 0.158 e. The molecule has 4 rings (SSSR count). The molecule has 1 aliphatic heterocycles. The van der Waals surface area contributed by atoms with Gasteiger partial charge in [-0.3, -0.25) is 4.98 Å². The minimum atomic E-state index is 0.0501. The van der Waals surface area contributed by atoms with Crippen molar-refractivity contribution in [2.45, 2.75) is 75.2 Å². The molecule has 30 heavy (non-hydrogen) atoms. The third-order valence-corrected chi connectivity index (χ3v) is 6.91. The van der Waals surface area contributed by atoms with Crippen LogP contribution in [0.25, 0.3) is 0 Å². The van der Waals surface area contributed by atoms with E-state index in [9.17, 15) is 5.26 Å². The quantitative estimate of drug-likeness (QED) is 0.638. The highest BCUT2D eigenvalue weighted by molar-refractivity contribution is 5.42. The topological polar surface area (TPSA) is 82.6 Å². The molecule has 5 heteroatoms. The normalized spacial score (nSPS) is 22.5. The summed E-state index contributed by atoms with van der Waals surface area (Å²) in [4.78, 5) is 8.91. The van der Waals surface area contributed by atoms with Gasteiger partial charge in [0.1, 0.15) is 12.1 Å². The summed E-state index contributed by atoms with van der Waals surface area (Å²) in [5.41, 5.74) is 2.95. The van der Waals surface area contributed by atoms with Gasteiger partial charge in [-0.2, -0.15) is 10.5 Å². The van der Waals surface area contributed by atoms with Crippen molar-refractivity contribution in [3.63, 3.8) is 0 Å². The fraction of sp³-hybridized carbons (Fsp3) is 0.520. The SMILES string of the molecule is N#Cc1cc(CCCC[C@@]2(c3ccccn3)CCOC3(CCCC3)C2)cnc1C#N. The molecule has 1 spiro atoms. The van der Waals surface area contributed by atoms with Gasteiger partial charge < -0.3 is 4.74 Å². The van der Waals surface area contributed by atoms with Gasteiger partial charge in [-0.25, -0.2) is 4.98 Å². The van der Waals surface area contributed by atoms with Crippen molar-refractivity contribution < 1.29 is 4.74 Å². The van der Waals surface area contributed by atoms with E-state index in [0.717, 1.165) is 50.7 Å². The van der Waals surface area contributed by atoms with Crippen LogP contribution in [0.5, 0.6) is 0 Å². The fourth-order valence-electron chi connectivity index (χ4n) is 5.41. The van der Waals surface area contributed by atoms with Gasteiger partial charge in [0.05, 0.1) is 11.2 Å². The first-order valence-electron chi connectivity index (χ1n) is 11.0. The first-order chi connectivity index (χ1) is 14.7. The van der Waals surface area contributed by atoms with Gasteiger partial charge in [-0.05, 0) is 68.7 Å². The van der Waals surface area contributed by atoms with Gasteiger partial charge >= 0.3 is 0 Å². The van der Waals surface area contributed by atoms with Crippen molar-refractivity contribution in [2.75, 3.05) is 6.61 Å². The lowest BCUT2D eigenvalue weighted by molar-refractivity contribution is -0.104. The molecule has 5 nitrogen and oxygen atoms in total. The van der Waals surface area contributed by atoms with Crippen molar-refractivity contribution >= 4 is 0 Å². The average molecular weight is 401 g/mol. The van der Waals surface area contributed by atoms with Gasteiger partial charge in [0.25, 0.3) is 0 Å². The maximum absolute atomic E-state index is 9.22. The molecule has 0 bridgehead atoms. The molecule has 0 amide bonds. The lowest BCUT2D eigenvalue weighted by Gasteiger charge is -2.46. The number of aryl methyl sites for hydroxylation is 1. The van der Waals surface area contributed by atoms with Gasteiger partial charge in [-0.1, -0.05) is 25.3 Å². The fourth-order valence-corrected chi connectivity index (χ4v) is 5.41. The minimum Gasteiger partial charge on any atom is -0.375 e. The molecule has 1 saturated heterocycles. The molecule has 0 N–H and O–H groups in total. The second-order valence-electron chi connectivity index (χ2n) is 8.83. The minimum absolute atomic E-state index is 0.0501. The van der Waals surface area contributed by atoms with Crippen LogP contribution in [0.15, 0.2) is 36.7 Å². The van der Waals surface area contributed by atoms with Crippen molar-refractivity contribution in [3.8, 4) is 12.1 Å². The molecular formula is C25H28N4O. The zero-order valence-electron chi connectivity index (χ0n) is 17.4. The summed E-state index contributed by atoms with van der Waals surface area (Å²) < 4.78 is 6.33. The Morgan fingerprint density at radius 2 is 1.90 bits per heavy atom. The molecule has 1 atom stereocenters. The van der Waals surface area contributed by atoms with Crippen LogP contribution >= 0.6 is 0 Å². The molecule has 0 radical (unpaired) electrons. The van der Waals surface area contributed by atoms with Gasteiger partial charge in [0.15, 0.2) is 5.69 Å². The van der Waals surface area contributed by atoms with Crippen LogP contribution < -0.4 is 0 Å². The molecule has 1 aliphatic carbocycles. The zero-order valence-corrected chi connectivity index (χ0v) is 17.4. The molecule has 0 unspecified atom stereocenters. The summed E-state index contributed by atoms with van der Waals surface area (Å²) >= 11 is 0. The number of pyridine rings is 2. The summed E-state index contributed by atoms with van der Waals surface area (Å²) in [5.74, 6) is 0. The Morgan fingerprint density at radius 3 is 2.63 bits per heavy atom. The van der Waals surface area contributed by atoms with E-state index in [2.05, 4.69) is 23.2 Å². The van der Waals surface area contributed by atoms with Crippen LogP contribution in [-0.4, -0.2) is 22.2 Å². The molecule has 2 aromatic rings. The number of hydrogen-bond acceptors (Lipinski definition) is 5.